The molecule has 0 aromatic heterocycles. The molecule has 0 saturated carbocycles. The average molecular weight is 588 g/mol. The molecular formula is C38H37NO5. The lowest BCUT2D eigenvalue weighted by atomic mass is 9.67. The molecule has 44 heavy (non-hydrogen) atoms. The van der Waals surface area contributed by atoms with E-state index >= 15 is 0 Å². The molecular weight excluding hydrogens is 550 g/mol. The van der Waals surface area contributed by atoms with E-state index in [0.717, 1.165) is 33.0 Å². The highest BCUT2D eigenvalue weighted by Crippen LogP contribution is 2.48. The molecule has 4 aromatic rings. The molecule has 0 radical (unpaired) electrons. The van der Waals surface area contributed by atoms with Crippen LogP contribution in [0.5, 0.6) is 5.75 Å². The lowest BCUT2D eigenvalue weighted by molar-refractivity contribution is -0.123. The molecule has 2 aliphatic rings. The summed E-state index contributed by atoms with van der Waals surface area (Å²) in [6.45, 7) is 1.68. The number of carbonyl (C=O) groups excluding carboxylic acids is 2. The maximum Gasteiger partial charge on any atom is 0.238 e. The van der Waals surface area contributed by atoms with Crippen LogP contribution in [0.15, 0.2) is 108 Å². The molecule has 6 rings (SSSR count). The Balaban J connectivity index is 1.31. The summed E-state index contributed by atoms with van der Waals surface area (Å²) < 4.78 is 0. The number of rotatable bonds is 9. The molecule has 1 heterocycles. The number of imide groups is 1. The second-order valence-corrected chi connectivity index (χ2v) is 11.7. The van der Waals surface area contributed by atoms with Gasteiger partial charge in [-0.1, -0.05) is 97.4 Å². The zero-order valence-electron chi connectivity index (χ0n) is 24.8. The zero-order chi connectivity index (χ0) is 30.8. The second-order valence-electron chi connectivity index (χ2n) is 11.7. The first-order valence-electron chi connectivity index (χ1n) is 15.3. The van der Waals surface area contributed by atoms with Crippen LogP contribution in [0.3, 0.4) is 0 Å². The van der Waals surface area contributed by atoms with Crippen LogP contribution in [0.25, 0.3) is 22.4 Å². The summed E-state index contributed by atoms with van der Waals surface area (Å²) in [6, 6.07) is 30.3. The van der Waals surface area contributed by atoms with Gasteiger partial charge in [-0.15, -0.1) is 0 Å². The average Bonchev–Trinajstić information content (AvgIpc) is 3.32. The van der Waals surface area contributed by atoms with Crippen LogP contribution in [-0.4, -0.2) is 39.8 Å². The van der Waals surface area contributed by atoms with Crippen molar-refractivity contribution < 1.29 is 24.9 Å². The van der Waals surface area contributed by atoms with E-state index in [4.69, 9.17) is 0 Å². The number of para-hydroxylation sites is 1. The van der Waals surface area contributed by atoms with Gasteiger partial charge in [-0.05, 0) is 71.5 Å². The fraction of sp³-hybridized carbons (Fsp3) is 0.263. The van der Waals surface area contributed by atoms with Crippen LogP contribution in [0.2, 0.25) is 0 Å². The molecule has 0 spiro atoms. The first-order valence-corrected chi connectivity index (χ1v) is 15.3. The first-order chi connectivity index (χ1) is 21.4. The number of aliphatic hydroxyl groups is 2. The molecule has 6 nitrogen and oxygen atoms in total. The SMILES string of the molecule is CCC1=C([C@H](O)CC/C(=C/c2ccc(O)c3ccccc23)c2ccccc2)[C@H](CO)[C@@H]2C(=O)N(c3ccccc3)C(=O)[C@@H]2C1. The van der Waals surface area contributed by atoms with Gasteiger partial charge in [0.05, 0.1) is 30.2 Å². The van der Waals surface area contributed by atoms with Crippen LogP contribution in [0.1, 0.15) is 43.7 Å². The fourth-order valence-electron chi connectivity index (χ4n) is 7.15. The maximum absolute atomic E-state index is 13.7. The summed E-state index contributed by atoms with van der Waals surface area (Å²) in [5, 5.41) is 34.5. The number of anilines is 1. The summed E-state index contributed by atoms with van der Waals surface area (Å²) in [7, 11) is 0. The Morgan fingerprint density at radius 3 is 2.23 bits per heavy atom. The Hall–Kier alpha value is -4.52. The standard InChI is InChI=1S/C38H37NO5/c1-2-24-22-31-36(38(44)39(37(31)43)28-13-7-4-8-14-28)32(23-40)35(24)34(42)20-17-26(25-11-5-3-6-12-25)21-27-18-19-33(41)30-16-10-9-15-29(27)30/h3-16,18-19,21,31-32,34,36,40-42H,2,17,20,22-23H2,1H3/b26-21-/t31-,32+,34-,36-/m1/s1. The highest BCUT2D eigenvalue weighted by molar-refractivity contribution is 6.22. The quantitative estimate of drug-likeness (QED) is 0.114. The molecule has 0 bridgehead atoms. The van der Waals surface area contributed by atoms with Gasteiger partial charge in [0.1, 0.15) is 5.75 Å². The fourth-order valence-corrected chi connectivity index (χ4v) is 7.15. The number of hydrogen-bond donors (Lipinski definition) is 3. The predicted octanol–water partition coefficient (Wildman–Crippen LogP) is 6.75. The molecule has 3 N–H and O–H groups in total. The number of amides is 2. The van der Waals surface area contributed by atoms with Crippen molar-refractivity contribution in [2.75, 3.05) is 11.5 Å². The van der Waals surface area contributed by atoms with E-state index in [0.29, 0.717) is 36.9 Å². The number of hydrogen-bond acceptors (Lipinski definition) is 5. The summed E-state index contributed by atoms with van der Waals surface area (Å²) in [4.78, 5) is 28.5. The monoisotopic (exact) mass is 587 g/mol. The normalized spacial score (nSPS) is 21.2. The number of aromatic hydroxyl groups is 1. The van der Waals surface area contributed by atoms with Gasteiger partial charge < -0.3 is 15.3 Å². The van der Waals surface area contributed by atoms with Crippen molar-refractivity contribution in [2.45, 2.75) is 38.7 Å². The minimum atomic E-state index is -0.889. The number of nitrogens with zero attached hydrogens (tertiary/aromatic N) is 1. The Morgan fingerprint density at radius 1 is 0.886 bits per heavy atom. The summed E-state index contributed by atoms with van der Waals surface area (Å²) in [5.74, 6) is -2.21. The summed E-state index contributed by atoms with van der Waals surface area (Å²) >= 11 is 0. The lowest BCUT2D eigenvalue weighted by Gasteiger charge is -2.36. The molecule has 1 fully saturated rings. The number of fused-ring (bicyclic) bond motifs is 2. The van der Waals surface area contributed by atoms with Gasteiger partial charge in [-0.2, -0.15) is 0 Å². The molecule has 4 atom stereocenters. The van der Waals surface area contributed by atoms with Crippen molar-refractivity contribution in [1.82, 2.24) is 0 Å². The third-order valence-electron chi connectivity index (χ3n) is 9.28. The van der Waals surface area contributed by atoms with Gasteiger partial charge in [0, 0.05) is 11.3 Å². The molecule has 224 valence electrons. The molecule has 0 unspecified atom stereocenters. The van der Waals surface area contributed by atoms with Crippen molar-refractivity contribution in [3.8, 4) is 5.75 Å². The van der Waals surface area contributed by atoms with E-state index in [1.807, 2.05) is 73.7 Å². The van der Waals surface area contributed by atoms with Crippen LogP contribution < -0.4 is 4.90 Å². The van der Waals surface area contributed by atoms with Gasteiger partial charge >= 0.3 is 0 Å². The van der Waals surface area contributed by atoms with Crippen LogP contribution >= 0.6 is 0 Å². The van der Waals surface area contributed by atoms with E-state index in [9.17, 15) is 24.9 Å². The van der Waals surface area contributed by atoms with Gasteiger partial charge in [0.15, 0.2) is 0 Å². The Labute approximate surface area is 257 Å². The van der Waals surface area contributed by atoms with E-state index in [-0.39, 0.29) is 24.2 Å². The number of allylic oxidation sites excluding steroid dienone is 2. The second kappa shape index (κ2) is 12.6. The topological polar surface area (TPSA) is 98.1 Å². The van der Waals surface area contributed by atoms with Crippen LogP contribution in [-0.2, 0) is 9.59 Å². The van der Waals surface area contributed by atoms with E-state index < -0.39 is 23.9 Å². The largest absolute Gasteiger partial charge is 0.507 e. The maximum atomic E-state index is 13.7. The van der Waals surface area contributed by atoms with E-state index in [1.54, 1.807) is 30.3 Å². The first kappa shape index (κ1) is 29.5. The molecule has 2 amide bonds. The van der Waals surface area contributed by atoms with Gasteiger partial charge in [-0.3, -0.25) is 14.5 Å². The zero-order valence-corrected chi connectivity index (χ0v) is 24.8. The molecule has 4 aromatic carbocycles. The highest BCUT2D eigenvalue weighted by atomic mass is 16.3. The Kier molecular flexibility index (Phi) is 8.47. The van der Waals surface area contributed by atoms with Crippen LogP contribution in [0, 0.1) is 17.8 Å². The smallest absolute Gasteiger partial charge is 0.238 e. The molecule has 6 heteroatoms. The van der Waals surface area contributed by atoms with Gasteiger partial charge in [0.2, 0.25) is 11.8 Å². The molecule has 1 aliphatic heterocycles. The Morgan fingerprint density at radius 2 is 1.55 bits per heavy atom. The summed E-state index contributed by atoms with van der Waals surface area (Å²) in [5.41, 5.74) is 5.20. The minimum Gasteiger partial charge on any atom is -0.507 e. The highest BCUT2D eigenvalue weighted by Gasteiger charge is 2.55. The van der Waals surface area contributed by atoms with E-state index in [1.165, 1.54) is 4.90 Å². The third-order valence-corrected chi connectivity index (χ3v) is 9.28. The number of carbonyl (C=O) groups is 2. The van der Waals surface area contributed by atoms with Crippen molar-refractivity contribution in [2.24, 2.45) is 17.8 Å². The molecule has 1 aliphatic carbocycles. The summed E-state index contributed by atoms with van der Waals surface area (Å²) in [6.07, 6.45) is 3.17. The van der Waals surface area contributed by atoms with Crippen molar-refractivity contribution in [1.29, 1.82) is 0 Å². The van der Waals surface area contributed by atoms with Gasteiger partial charge in [0.25, 0.3) is 0 Å². The Bertz CT molecular complexity index is 1740. The van der Waals surface area contributed by atoms with Crippen LogP contribution in [0.4, 0.5) is 5.69 Å². The number of aliphatic hydroxyl groups excluding tert-OH is 2. The lowest BCUT2D eigenvalue weighted by Crippen LogP contribution is -2.39. The number of phenols is 1. The third kappa shape index (κ3) is 5.36. The van der Waals surface area contributed by atoms with Crippen molar-refractivity contribution in [3.05, 3.63) is 119 Å². The van der Waals surface area contributed by atoms with Crippen molar-refractivity contribution >= 4 is 39.9 Å². The van der Waals surface area contributed by atoms with E-state index in [2.05, 4.69) is 6.08 Å². The minimum absolute atomic E-state index is 0.227. The number of phenolic OH excluding ortho intramolecular Hbond substituents is 1. The number of benzene rings is 4. The van der Waals surface area contributed by atoms with Crippen molar-refractivity contribution in [3.63, 3.8) is 0 Å². The predicted molar refractivity (Wildman–Crippen MR) is 174 cm³/mol. The molecule has 1 saturated heterocycles. The van der Waals surface area contributed by atoms with Gasteiger partial charge in [-0.25, -0.2) is 0 Å².